The molecule has 11 atom stereocenters. The summed E-state index contributed by atoms with van der Waals surface area (Å²) in [5, 5.41) is 25.7. The van der Waals surface area contributed by atoms with Gasteiger partial charge in [-0.15, -0.1) is 0 Å². The molecule has 0 radical (unpaired) electrons. The third kappa shape index (κ3) is 12.9. The van der Waals surface area contributed by atoms with E-state index in [-0.39, 0.29) is 40.8 Å². The quantitative estimate of drug-likeness (QED) is 0.0954. The molecule has 0 aliphatic heterocycles. The Morgan fingerprint density at radius 2 is 1.30 bits per heavy atom. The van der Waals surface area contributed by atoms with Gasteiger partial charge in [-0.3, -0.25) is 9.59 Å². The summed E-state index contributed by atoms with van der Waals surface area (Å²) in [5.41, 5.74) is 0.433. The average Bonchev–Trinajstić information content (AvgIpc) is 3.55. The first kappa shape index (κ1) is 47.0. The zero-order chi connectivity index (χ0) is 41.3. The zero-order valence-corrected chi connectivity index (χ0v) is 36.9. The van der Waals surface area contributed by atoms with E-state index >= 15 is 0 Å². The fourth-order valence-corrected chi connectivity index (χ4v) is 12.1. The van der Waals surface area contributed by atoms with Gasteiger partial charge in [0.25, 0.3) is 0 Å². The number of hydrogen-bond donors (Lipinski definition) is 3. The van der Waals surface area contributed by atoms with E-state index in [9.17, 15) is 19.8 Å². The monoisotopic (exact) mass is 787 g/mol. The lowest BCUT2D eigenvalue weighted by atomic mass is 9.41. The highest BCUT2D eigenvalue weighted by molar-refractivity contribution is 5.77. The summed E-state index contributed by atoms with van der Waals surface area (Å²) in [6, 6.07) is 0. The second kappa shape index (κ2) is 23.8. The standard InChI is InChI=1S/C51H82N2O4/c1-7-9-10-11-12-13-14-15-16-17-18-19-20-21-22-23-24-25-26-27-47(56)53(6)37-36-52-46(55)31-28-39(3)42-29-30-43-48-44(33-35-50(42,43)4)51(5)34-32-40(54)38-45(51)41(8-2)49(48)57/h9-10,12-13,15-16,18-19,21-22,24-25,39-45,48-49,54,57H,7-8,11,14,17,20,23,26-38H2,1-6H3,(H,52,55)/b10-9-,13-12-,16-15-,19-18-,22-21-,25-24-/t39-,40-,41-,42?,43+,44+,45+,48+,49-,50-,51-/m1/s1. The Kier molecular flexibility index (Phi) is 19.6. The van der Waals surface area contributed by atoms with Gasteiger partial charge < -0.3 is 20.4 Å². The van der Waals surface area contributed by atoms with Crippen molar-refractivity contribution in [3.05, 3.63) is 72.9 Å². The summed E-state index contributed by atoms with van der Waals surface area (Å²) in [7, 11) is 1.83. The second-order valence-electron chi connectivity index (χ2n) is 18.8. The number of hydrogen-bond acceptors (Lipinski definition) is 4. The minimum Gasteiger partial charge on any atom is -0.393 e. The van der Waals surface area contributed by atoms with Crippen molar-refractivity contribution in [3.8, 4) is 0 Å². The summed E-state index contributed by atoms with van der Waals surface area (Å²) < 4.78 is 0. The SMILES string of the molecule is CC/C=C\C/C=C\C/C=C\C/C=C\C/C=C\C/C=C\CCC(=O)N(C)CCNC(=O)CC[C@@H](C)C1CC[C@H]2[C@@H]3[C@H](O)[C@H](CC)[C@@H]4C[C@H](O)CC[C@]4(C)[C@H]3CC[C@]12C. The van der Waals surface area contributed by atoms with Crippen molar-refractivity contribution in [2.24, 2.45) is 52.3 Å². The molecule has 0 spiro atoms. The lowest BCUT2D eigenvalue weighted by Crippen LogP contribution is -2.62. The molecule has 0 heterocycles. The van der Waals surface area contributed by atoms with Crippen LogP contribution in [0, 0.1) is 52.3 Å². The first-order valence-corrected chi connectivity index (χ1v) is 23.2. The Morgan fingerprint density at radius 1 is 0.737 bits per heavy atom. The van der Waals surface area contributed by atoms with Crippen LogP contribution in [0.15, 0.2) is 72.9 Å². The summed E-state index contributed by atoms with van der Waals surface area (Å²) >= 11 is 0. The second-order valence-corrected chi connectivity index (χ2v) is 18.8. The molecule has 0 aromatic heterocycles. The van der Waals surface area contributed by atoms with Gasteiger partial charge in [-0.25, -0.2) is 0 Å². The molecule has 4 fully saturated rings. The molecule has 0 bridgehead atoms. The molecule has 0 aromatic carbocycles. The van der Waals surface area contributed by atoms with Gasteiger partial charge in [0.15, 0.2) is 0 Å². The van der Waals surface area contributed by atoms with Crippen molar-refractivity contribution in [3.63, 3.8) is 0 Å². The van der Waals surface area contributed by atoms with Crippen molar-refractivity contribution >= 4 is 11.8 Å². The van der Waals surface area contributed by atoms with Crippen molar-refractivity contribution in [2.75, 3.05) is 20.1 Å². The van der Waals surface area contributed by atoms with E-state index in [1.807, 2.05) is 7.05 Å². The van der Waals surface area contributed by atoms with Crippen LogP contribution in [0.3, 0.4) is 0 Å². The Bertz CT molecular complexity index is 1410. The molecule has 0 aromatic rings. The number of aliphatic hydroxyl groups excluding tert-OH is 2. The number of fused-ring (bicyclic) bond motifs is 5. The number of rotatable bonds is 22. The largest absolute Gasteiger partial charge is 0.393 e. The number of carbonyl (C=O) groups is 2. The first-order chi connectivity index (χ1) is 27.5. The summed E-state index contributed by atoms with van der Waals surface area (Å²) in [6.45, 7) is 12.8. The summed E-state index contributed by atoms with van der Waals surface area (Å²) in [5.74, 6) is 3.37. The Morgan fingerprint density at radius 3 is 1.89 bits per heavy atom. The van der Waals surface area contributed by atoms with Crippen LogP contribution < -0.4 is 5.32 Å². The molecular formula is C51H82N2O4. The number of nitrogens with zero attached hydrogens (tertiary/aromatic N) is 1. The molecule has 4 saturated carbocycles. The zero-order valence-electron chi connectivity index (χ0n) is 36.9. The van der Waals surface area contributed by atoms with Gasteiger partial charge in [-0.1, -0.05) is 114 Å². The van der Waals surface area contributed by atoms with Gasteiger partial charge >= 0.3 is 0 Å². The minimum atomic E-state index is -0.269. The smallest absolute Gasteiger partial charge is 0.222 e. The molecular weight excluding hydrogens is 705 g/mol. The number of allylic oxidation sites excluding steroid dienone is 12. The van der Waals surface area contributed by atoms with Gasteiger partial charge in [0.2, 0.25) is 11.8 Å². The van der Waals surface area contributed by atoms with Crippen LogP contribution >= 0.6 is 0 Å². The maximum atomic E-state index is 12.9. The maximum absolute atomic E-state index is 12.9. The maximum Gasteiger partial charge on any atom is 0.222 e. The van der Waals surface area contributed by atoms with Crippen molar-refractivity contribution in [2.45, 2.75) is 162 Å². The number of likely N-dealkylation sites (N-methyl/N-ethyl adjacent to an activating group) is 1. The van der Waals surface area contributed by atoms with Crippen LogP contribution in [0.1, 0.15) is 150 Å². The molecule has 4 aliphatic rings. The van der Waals surface area contributed by atoms with E-state index in [1.54, 1.807) is 4.90 Å². The van der Waals surface area contributed by atoms with E-state index in [1.165, 1.54) is 25.7 Å². The molecule has 6 nitrogen and oxygen atoms in total. The fraction of sp³-hybridized carbons (Fsp3) is 0.725. The van der Waals surface area contributed by atoms with E-state index in [0.29, 0.717) is 61.4 Å². The lowest BCUT2D eigenvalue weighted by Gasteiger charge is -2.64. The first-order valence-electron chi connectivity index (χ1n) is 23.2. The van der Waals surface area contributed by atoms with Crippen LogP contribution in [0.4, 0.5) is 0 Å². The normalized spacial score (nSPS) is 33.5. The minimum absolute atomic E-state index is 0.0797. The highest BCUT2D eigenvalue weighted by Gasteiger charge is 2.64. The van der Waals surface area contributed by atoms with E-state index < -0.39 is 0 Å². The third-order valence-electron chi connectivity index (χ3n) is 15.3. The van der Waals surface area contributed by atoms with Crippen molar-refractivity contribution in [1.29, 1.82) is 0 Å². The fourth-order valence-electron chi connectivity index (χ4n) is 12.1. The van der Waals surface area contributed by atoms with Crippen LogP contribution in [0.25, 0.3) is 0 Å². The van der Waals surface area contributed by atoms with Gasteiger partial charge in [0, 0.05) is 33.0 Å². The lowest BCUT2D eigenvalue weighted by molar-refractivity contribution is -0.203. The van der Waals surface area contributed by atoms with Crippen LogP contribution in [-0.2, 0) is 9.59 Å². The highest BCUT2D eigenvalue weighted by Crippen LogP contribution is 2.69. The van der Waals surface area contributed by atoms with Crippen molar-refractivity contribution < 1.29 is 19.8 Å². The summed E-state index contributed by atoms with van der Waals surface area (Å²) in [4.78, 5) is 27.3. The van der Waals surface area contributed by atoms with Gasteiger partial charge in [-0.2, -0.15) is 0 Å². The number of carbonyl (C=O) groups excluding carboxylic acids is 2. The average molecular weight is 787 g/mol. The van der Waals surface area contributed by atoms with Crippen molar-refractivity contribution in [1.82, 2.24) is 10.2 Å². The molecule has 3 N–H and O–H groups in total. The molecule has 57 heavy (non-hydrogen) atoms. The topological polar surface area (TPSA) is 89.9 Å². The number of nitrogens with one attached hydrogen (secondary N) is 1. The molecule has 0 saturated heterocycles. The van der Waals surface area contributed by atoms with E-state index in [0.717, 1.165) is 77.0 Å². The number of amides is 2. The van der Waals surface area contributed by atoms with Gasteiger partial charge in [-0.05, 0) is 149 Å². The molecule has 4 aliphatic carbocycles. The predicted molar refractivity (Wildman–Crippen MR) is 238 cm³/mol. The number of aliphatic hydroxyl groups is 2. The highest BCUT2D eigenvalue weighted by atomic mass is 16.3. The molecule has 4 rings (SSSR count). The van der Waals surface area contributed by atoms with Crippen LogP contribution in [0.5, 0.6) is 0 Å². The molecule has 320 valence electrons. The predicted octanol–water partition coefficient (Wildman–Crippen LogP) is 11.1. The molecule has 2 amide bonds. The van der Waals surface area contributed by atoms with E-state index in [4.69, 9.17) is 0 Å². The van der Waals surface area contributed by atoms with Gasteiger partial charge in [0.1, 0.15) is 0 Å². The Labute approximate surface area is 348 Å². The van der Waals surface area contributed by atoms with E-state index in [2.05, 4.69) is 113 Å². The Hall–Kier alpha value is -2.70. The van der Waals surface area contributed by atoms with Gasteiger partial charge in [0.05, 0.1) is 12.2 Å². The third-order valence-corrected chi connectivity index (χ3v) is 15.3. The molecule has 1 unspecified atom stereocenters. The van der Waals surface area contributed by atoms with Crippen LogP contribution in [-0.4, -0.2) is 59.3 Å². The van der Waals surface area contributed by atoms with Crippen LogP contribution in [0.2, 0.25) is 0 Å². The molecule has 6 heteroatoms. The summed E-state index contributed by atoms with van der Waals surface area (Å²) in [6.07, 6.45) is 42.9. The Balaban J connectivity index is 1.07.